The first-order valence-corrected chi connectivity index (χ1v) is 8.92. The summed E-state index contributed by atoms with van der Waals surface area (Å²) in [5, 5.41) is 1.11. The second-order valence-electron chi connectivity index (χ2n) is 7.77. The van der Waals surface area contributed by atoms with Crippen LogP contribution in [0.3, 0.4) is 0 Å². The third kappa shape index (κ3) is 3.29. The Morgan fingerprint density at radius 3 is 2.81 bits per heavy atom. The van der Waals surface area contributed by atoms with Crippen LogP contribution in [0.25, 0.3) is 22.2 Å². The number of fused-ring (bicyclic) bond motifs is 2. The van der Waals surface area contributed by atoms with Gasteiger partial charge < -0.3 is 14.6 Å². The van der Waals surface area contributed by atoms with E-state index in [-0.39, 0.29) is 6.09 Å². The standard InChI is InChI=1S/C21H23N3O2/c1-21(2,3)26-20(25)24-9-7-15-10-14(4-5-17(15)13-24)18-11-16-6-8-22-19(16)23-12-18/h4-6,8,10-12H,7,9,13H2,1-3H3,(H,22,23). The molecule has 3 aromatic rings. The second kappa shape index (κ2) is 6.16. The van der Waals surface area contributed by atoms with Crippen molar-refractivity contribution >= 4 is 17.1 Å². The molecule has 0 atom stereocenters. The Balaban J connectivity index is 1.56. The number of aromatic nitrogens is 2. The minimum Gasteiger partial charge on any atom is -0.444 e. The van der Waals surface area contributed by atoms with Gasteiger partial charge in [-0.25, -0.2) is 9.78 Å². The van der Waals surface area contributed by atoms with Crippen LogP contribution in [0.5, 0.6) is 0 Å². The average molecular weight is 349 g/mol. The fourth-order valence-electron chi connectivity index (χ4n) is 3.31. The van der Waals surface area contributed by atoms with Gasteiger partial charge in [-0.05, 0) is 56.0 Å². The normalized spacial score (nSPS) is 14.3. The van der Waals surface area contributed by atoms with Crippen LogP contribution < -0.4 is 0 Å². The van der Waals surface area contributed by atoms with Gasteiger partial charge in [0, 0.05) is 36.4 Å². The van der Waals surface area contributed by atoms with Crippen molar-refractivity contribution in [1.82, 2.24) is 14.9 Å². The highest BCUT2D eigenvalue weighted by atomic mass is 16.6. The number of aromatic amines is 1. The Morgan fingerprint density at radius 2 is 2.00 bits per heavy atom. The summed E-state index contributed by atoms with van der Waals surface area (Å²) in [6, 6.07) is 10.6. The molecule has 0 aliphatic carbocycles. The van der Waals surface area contributed by atoms with E-state index in [0.717, 1.165) is 28.6 Å². The average Bonchev–Trinajstić information content (AvgIpc) is 3.07. The molecule has 0 unspecified atom stereocenters. The Bertz CT molecular complexity index is 969. The second-order valence-corrected chi connectivity index (χ2v) is 7.77. The zero-order valence-corrected chi connectivity index (χ0v) is 15.4. The number of carbonyl (C=O) groups is 1. The van der Waals surface area contributed by atoms with Crippen molar-refractivity contribution in [1.29, 1.82) is 0 Å². The SMILES string of the molecule is CC(C)(C)OC(=O)N1CCc2cc(-c3cnc4[nH]ccc4c3)ccc2C1. The van der Waals surface area contributed by atoms with E-state index in [9.17, 15) is 4.79 Å². The van der Waals surface area contributed by atoms with E-state index >= 15 is 0 Å². The van der Waals surface area contributed by atoms with E-state index in [1.807, 2.05) is 39.2 Å². The number of pyridine rings is 1. The number of hydrogen-bond acceptors (Lipinski definition) is 3. The number of benzene rings is 1. The first-order valence-electron chi connectivity index (χ1n) is 8.92. The summed E-state index contributed by atoms with van der Waals surface area (Å²) in [7, 11) is 0. The molecule has 0 saturated heterocycles. The maximum absolute atomic E-state index is 12.3. The maximum atomic E-state index is 12.3. The number of rotatable bonds is 1. The predicted molar refractivity (Wildman–Crippen MR) is 102 cm³/mol. The summed E-state index contributed by atoms with van der Waals surface area (Å²) < 4.78 is 5.49. The summed E-state index contributed by atoms with van der Waals surface area (Å²) in [6.45, 7) is 6.96. The molecule has 4 rings (SSSR count). The summed E-state index contributed by atoms with van der Waals surface area (Å²) in [5.41, 5.74) is 5.17. The monoisotopic (exact) mass is 349 g/mol. The molecule has 1 aliphatic rings. The van der Waals surface area contributed by atoms with Crippen LogP contribution in [0.4, 0.5) is 4.79 Å². The van der Waals surface area contributed by atoms with Crippen molar-refractivity contribution in [3.63, 3.8) is 0 Å². The fourth-order valence-corrected chi connectivity index (χ4v) is 3.31. The molecule has 1 aliphatic heterocycles. The van der Waals surface area contributed by atoms with Crippen molar-refractivity contribution in [2.75, 3.05) is 6.54 Å². The van der Waals surface area contributed by atoms with Crippen LogP contribution in [0.15, 0.2) is 42.7 Å². The van der Waals surface area contributed by atoms with Crippen molar-refractivity contribution < 1.29 is 9.53 Å². The zero-order valence-electron chi connectivity index (χ0n) is 15.4. The zero-order chi connectivity index (χ0) is 18.3. The first-order chi connectivity index (χ1) is 12.4. The van der Waals surface area contributed by atoms with Crippen molar-refractivity contribution in [2.24, 2.45) is 0 Å². The third-order valence-electron chi connectivity index (χ3n) is 4.60. The van der Waals surface area contributed by atoms with Crippen molar-refractivity contribution in [2.45, 2.75) is 39.3 Å². The maximum Gasteiger partial charge on any atom is 0.410 e. The fraction of sp³-hybridized carbons (Fsp3) is 0.333. The highest BCUT2D eigenvalue weighted by Gasteiger charge is 2.25. The number of nitrogens with zero attached hydrogens (tertiary/aromatic N) is 2. The number of nitrogens with one attached hydrogen (secondary N) is 1. The predicted octanol–water partition coefficient (Wildman–Crippen LogP) is 4.52. The molecule has 1 aromatic carbocycles. The summed E-state index contributed by atoms with van der Waals surface area (Å²) in [6.07, 6.45) is 4.40. The van der Waals surface area contributed by atoms with Crippen LogP contribution in [-0.2, 0) is 17.7 Å². The summed E-state index contributed by atoms with van der Waals surface area (Å²) >= 11 is 0. The molecular weight excluding hydrogens is 326 g/mol. The third-order valence-corrected chi connectivity index (χ3v) is 4.60. The quantitative estimate of drug-likeness (QED) is 0.702. The van der Waals surface area contributed by atoms with Gasteiger partial charge in [0.2, 0.25) is 0 Å². The molecule has 0 spiro atoms. The van der Waals surface area contributed by atoms with Gasteiger partial charge in [0.25, 0.3) is 0 Å². The van der Waals surface area contributed by atoms with Crippen molar-refractivity contribution in [3.05, 3.63) is 53.9 Å². The molecule has 5 heteroatoms. The molecule has 134 valence electrons. The Kier molecular flexibility index (Phi) is 3.94. The molecule has 2 aromatic heterocycles. The van der Waals surface area contributed by atoms with E-state index in [1.165, 1.54) is 11.1 Å². The molecule has 0 radical (unpaired) electrons. The molecular formula is C21H23N3O2. The molecule has 1 N–H and O–H groups in total. The molecule has 0 saturated carbocycles. The van der Waals surface area contributed by atoms with Gasteiger partial charge in [-0.1, -0.05) is 18.2 Å². The number of hydrogen-bond donors (Lipinski definition) is 1. The van der Waals surface area contributed by atoms with Crippen LogP contribution in [-0.4, -0.2) is 33.1 Å². The molecule has 3 heterocycles. The lowest BCUT2D eigenvalue weighted by Gasteiger charge is -2.31. The van der Waals surface area contributed by atoms with Gasteiger partial charge in [0.1, 0.15) is 11.2 Å². The van der Waals surface area contributed by atoms with Gasteiger partial charge in [-0.2, -0.15) is 0 Å². The van der Waals surface area contributed by atoms with Crippen LogP contribution in [0.1, 0.15) is 31.9 Å². The van der Waals surface area contributed by atoms with Gasteiger partial charge in [-0.3, -0.25) is 0 Å². The number of carbonyl (C=O) groups excluding carboxylic acids is 1. The first kappa shape index (κ1) is 16.6. The highest BCUT2D eigenvalue weighted by Crippen LogP contribution is 2.28. The number of ether oxygens (including phenoxy) is 1. The lowest BCUT2D eigenvalue weighted by molar-refractivity contribution is 0.0224. The summed E-state index contributed by atoms with van der Waals surface area (Å²) in [5.74, 6) is 0. The molecule has 5 nitrogen and oxygen atoms in total. The Hall–Kier alpha value is -2.82. The number of H-pyrrole nitrogens is 1. The van der Waals surface area contributed by atoms with E-state index in [2.05, 4.69) is 34.2 Å². The lowest BCUT2D eigenvalue weighted by Crippen LogP contribution is -2.39. The largest absolute Gasteiger partial charge is 0.444 e. The van der Waals surface area contributed by atoms with Crippen LogP contribution in [0.2, 0.25) is 0 Å². The molecule has 1 amide bonds. The van der Waals surface area contributed by atoms with E-state index < -0.39 is 5.60 Å². The van der Waals surface area contributed by atoms with Gasteiger partial charge >= 0.3 is 6.09 Å². The van der Waals surface area contributed by atoms with Crippen molar-refractivity contribution in [3.8, 4) is 11.1 Å². The van der Waals surface area contributed by atoms with E-state index in [4.69, 9.17) is 4.74 Å². The minimum atomic E-state index is -0.467. The summed E-state index contributed by atoms with van der Waals surface area (Å²) in [4.78, 5) is 21.7. The topological polar surface area (TPSA) is 58.2 Å². The van der Waals surface area contributed by atoms with Gasteiger partial charge in [-0.15, -0.1) is 0 Å². The van der Waals surface area contributed by atoms with Gasteiger partial charge in [0.05, 0.1) is 0 Å². The van der Waals surface area contributed by atoms with E-state index in [0.29, 0.717) is 13.1 Å². The lowest BCUT2D eigenvalue weighted by atomic mass is 9.95. The smallest absolute Gasteiger partial charge is 0.410 e. The number of amides is 1. The van der Waals surface area contributed by atoms with Gasteiger partial charge in [0.15, 0.2) is 0 Å². The molecule has 0 fully saturated rings. The van der Waals surface area contributed by atoms with E-state index in [1.54, 1.807) is 4.90 Å². The van der Waals surface area contributed by atoms with Crippen LogP contribution >= 0.6 is 0 Å². The molecule has 0 bridgehead atoms. The molecule has 26 heavy (non-hydrogen) atoms. The Labute approximate surface area is 153 Å². The van der Waals surface area contributed by atoms with Crippen LogP contribution in [0, 0.1) is 0 Å². The highest BCUT2D eigenvalue weighted by molar-refractivity contribution is 5.81. The Morgan fingerprint density at radius 1 is 1.15 bits per heavy atom. The minimum absolute atomic E-state index is 0.241.